The number of hydrogen-bond donors (Lipinski definition) is 2. The number of nitrogens with zero attached hydrogens (tertiary/aromatic N) is 1. The van der Waals surface area contributed by atoms with Gasteiger partial charge in [-0.25, -0.2) is 8.42 Å². The van der Waals surface area contributed by atoms with E-state index in [2.05, 4.69) is 36.4 Å². The van der Waals surface area contributed by atoms with Crippen molar-refractivity contribution in [3.8, 4) is 0 Å². The third-order valence-electron chi connectivity index (χ3n) is 3.69. The molecule has 25 heavy (non-hydrogen) atoms. The Morgan fingerprint density at radius 1 is 1.20 bits per heavy atom. The fourth-order valence-electron chi connectivity index (χ4n) is 2.20. The summed E-state index contributed by atoms with van der Waals surface area (Å²) in [6.07, 6.45) is 0.0177. The molecule has 1 aromatic carbocycles. The lowest BCUT2D eigenvalue weighted by Crippen LogP contribution is -2.46. The fourth-order valence-corrected chi connectivity index (χ4v) is 3.38. The van der Waals surface area contributed by atoms with E-state index in [0.717, 1.165) is 0 Å². The zero-order valence-electron chi connectivity index (χ0n) is 15.6. The maximum Gasteiger partial charge on any atom is 0.191 e. The number of benzene rings is 1. The summed E-state index contributed by atoms with van der Waals surface area (Å²) in [5.41, 5.74) is -0.00273. The van der Waals surface area contributed by atoms with Gasteiger partial charge in [0.1, 0.15) is 0 Å². The molecule has 2 N–H and O–H groups in total. The van der Waals surface area contributed by atoms with Crippen molar-refractivity contribution in [1.29, 1.82) is 0 Å². The van der Waals surface area contributed by atoms with Gasteiger partial charge in [-0.3, -0.25) is 4.99 Å². The number of halogens is 1. The molecule has 0 amide bonds. The molecule has 0 aromatic heterocycles. The highest BCUT2D eigenvalue weighted by Crippen LogP contribution is 2.20. The third-order valence-corrected chi connectivity index (χ3v) is 5.43. The molecule has 0 aliphatic heterocycles. The van der Waals surface area contributed by atoms with Gasteiger partial charge in [0.05, 0.1) is 16.8 Å². The molecule has 0 spiro atoms. The molecule has 0 aliphatic rings. The quantitative estimate of drug-likeness (QED) is 0.354. The van der Waals surface area contributed by atoms with Crippen LogP contribution in [0.4, 0.5) is 0 Å². The Balaban J connectivity index is 0.00000576. The summed E-state index contributed by atoms with van der Waals surface area (Å²) in [6, 6.07) is 8.45. The van der Waals surface area contributed by atoms with Crippen molar-refractivity contribution < 1.29 is 13.2 Å². The molecule has 1 atom stereocenters. The van der Waals surface area contributed by atoms with E-state index >= 15 is 0 Å². The lowest BCUT2D eigenvalue weighted by Gasteiger charge is -2.30. The molecule has 0 fully saturated rings. The summed E-state index contributed by atoms with van der Waals surface area (Å²) in [5.74, 6) is 0.564. The van der Waals surface area contributed by atoms with E-state index in [1.165, 1.54) is 0 Å². The third kappa shape index (κ3) is 8.37. The minimum atomic E-state index is -3.29. The van der Waals surface area contributed by atoms with Crippen molar-refractivity contribution in [3.63, 3.8) is 0 Å². The second-order valence-corrected chi connectivity index (χ2v) is 8.71. The normalized spacial score (nSPS) is 13.7. The Bertz CT molecular complexity index is 628. The average molecular weight is 483 g/mol. The molecule has 144 valence electrons. The largest absolute Gasteiger partial charge is 0.379 e. The van der Waals surface area contributed by atoms with Crippen LogP contribution in [-0.4, -0.2) is 53.5 Å². The highest BCUT2D eigenvalue weighted by atomic mass is 127. The predicted molar refractivity (Wildman–Crippen MR) is 114 cm³/mol. The molecular weight excluding hydrogens is 453 g/mol. The molecule has 1 aromatic rings. The van der Waals surface area contributed by atoms with Gasteiger partial charge in [0.2, 0.25) is 0 Å². The van der Waals surface area contributed by atoms with Gasteiger partial charge in [0.25, 0.3) is 0 Å². The zero-order valence-corrected chi connectivity index (χ0v) is 18.7. The number of sulfone groups is 1. The second kappa shape index (κ2) is 11.0. The van der Waals surface area contributed by atoms with Crippen LogP contribution in [0.25, 0.3) is 0 Å². The van der Waals surface area contributed by atoms with Crippen molar-refractivity contribution in [2.45, 2.75) is 31.8 Å². The maximum absolute atomic E-state index is 12.2. The van der Waals surface area contributed by atoms with Crippen molar-refractivity contribution in [1.82, 2.24) is 10.6 Å². The topological polar surface area (TPSA) is 79.8 Å². The van der Waals surface area contributed by atoms with E-state index in [0.29, 0.717) is 17.4 Å². The summed E-state index contributed by atoms with van der Waals surface area (Å²) in [5, 5.41) is 6.20. The second-order valence-electron chi connectivity index (χ2n) is 6.60. The lowest BCUT2D eigenvalue weighted by molar-refractivity contribution is 0.0205. The molecule has 0 bridgehead atoms. The standard InChI is InChI=1S/C17H29N3O3S.HI/c1-17(2,3)15(23-5)13-20-16(18-4)19-11-12-24(21,22)14-9-7-6-8-10-14;/h6-10,15H,11-13H2,1-5H3,(H2,18,19,20);1H. The van der Waals surface area contributed by atoms with Crippen molar-refractivity contribution >= 4 is 39.8 Å². The first-order valence-electron chi connectivity index (χ1n) is 7.96. The molecule has 0 radical (unpaired) electrons. The van der Waals surface area contributed by atoms with Crippen molar-refractivity contribution in [3.05, 3.63) is 30.3 Å². The van der Waals surface area contributed by atoms with E-state index in [1.807, 2.05) is 0 Å². The number of ether oxygens (including phenoxy) is 1. The van der Waals surface area contributed by atoms with Crippen molar-refractivity contribution in [2.75, 3.05) is 33.0 Å². The van der Waals surface area contributed by atoms with Crippen LogP contribution in [-0.2, 0) is 14.6 Å². The highest BCUT2D eigenvalue weighted by Gasteiger charge is 2.24. The first-order valence-corrected chi connectivity index (χ1v) is 9.61. The van der Waals surface area contributed by atoms with Gasteiger partial charge in [-0.1, -0.05) is 39.0 Å². The molecule has 0 aliphatic carbocycles. The summed E-state index contributed by atoms with van der Waals surface area (Å²) in [6.45, 7) is 7.18. The van der Waals surface area contributed by atoms with E-state index in [1.54, 1.807) is 44.5 Å². The summed E-state index contributed by atoms with van der Waals surface area (Å²) in [7, 11) is 0.0402. The fraction of sp³-hybridized carbons (Fsp3) is 0.588. The Morgan fingerprint density at radius 3 is 2.28 bits per heavy atom. The van der Waals surface area contributed by atoms with E-state index in [9.17, 15) is 8.42 Å². The summed E-state index contributed by atoms with van der Waals surface area (Å²) in [4.78, 5) is 4.45. The van der Waals surface area contributed by atoms with Gasteiger partial charge < -0.3 is 15.4 Å². The Hall–Kier alpha value is -0.870. The predicted octanol–water partition coefficient (Wildman–Crippen LogP) is 2.30. The van der Waals surface area contributed by atoms with Crippen LogP contribution >= 0.6 is 24.0 Å². The highest BCUT2D eigenvalue weighted by molar-refractivity contribution is 14.0. The lowest BCUT2D eigenvalue weighted by atomic mass is 9.89. The zero-order chi connectivity index (χ0) is 18.2. The van der Waals surface area contributed by atoms with E-state index < -0.39 is 9.84 Å². The number of rotatable bonds is 7. The molecule has 8 heteroatoms. The number of methoxy groups -OCH3 is 1. The summed E-state index contributed by atoms with van der Waals surface area (Å²) >= 11 is 0. The van der Waals surface area contributed by atoms with Crippen LogP contribution in [0.15, 0.2) is 40.2 Å². The van der Waals surface area contributed by atoms with Gasteiger partial charge in [0, 0.05) is 27.2 Å². The molecule has 0 saturated heterocycles. The minimum Gasteiger partial charge on any atom is -0.379 e. The minimum absolute atomic E-state index is 0. The first kappa shape index (κ1) is 24.1. The SMILES string of the molecule is CN=C(NCCS(=O)(=O)c1ccccc1)NCC(OC)C(C)(C)C.I. The van der Waals surface area contributed by atoms with Crippen LogP contribution in [0.2, 0.25) is 0 Å². The molecular formula is C17H30IN3O3S. The smallest absolute Gasteiger partial charge is 0.191 e. The van der Waals surface area contributed by atoms with Crippen LogP contribution in [0, 0.1) is 5.41 Å². The van der Waals surface area contributed by atoms with Gasteiger partial charge >= 0.3 is 0 Å². The number of aliphatic imine (C=N–C) groups is 1. The molecule has 6 nitrogen and oxygen atoms in total. The Morgan fingerprint density at radius 2 is 1.80 bits per heavy atom. The molecule has 0 saturated carbocycles. The Labute approximate surface area is 168 Å². The van der Waals surface area contributed by atoms with Crippen molar-refractivity contribution in [2.24, 2.45) is 10.4 Å². The van der Waals surface area contributed by atoms with Gasteiger partial charge in [-0.15, -0.1) is 24.0 Å². The number of guanidine groups is 1. The van der Waals surface area contributed by atoms with E-state index in [4.69, 9.17) is 4.74 Å². The van der Waals surface area contributed by atoms with E-state index in [-0.39, 0.29) is 47.8 Å². The number of nitrogens with one attached hydrogen (secondary N) is 2. The number of hydrogen-bond acceptors (Lipinski definition) is 4. The van der Waals surface area contributed by atoms with Gasteiger partial charge in [0.15, 0.2) is 15.8 Å². The maximum atomic E-state index is 12.2. The van der Waals surface area contributed by atoms with Gasteiger partial charge in [-0.2, -0.15) is 0 Å². The monoisotopic (exact) mass is 483 g/mol. The van der Waals surface area contributed by atoms with Crippen LogP contribution in [0.5, 0.6) is 0 Å². The van der Waals surface area contributed by atoms with Gasteiger partial charge in [-0.05, 0) is 17.5 Å². The van der Waals surface area contributed by atoms with Crippen LogP contribution in [0.3, 0.4) is 0 Å². The van der Waals surface area contributed by atoms with Crippen LogP contribution < -0.4 is 10.6 Å². The molecule has 0 heterocycles. The summed E-state index contributed by atoms with van der Waals surface area (Å²) < 4.78 is 29.9. The molecule has 1 unspecified atom stereocenters. The average Bonchev–Trinajstić information content (AvgIpc) is 2.53. The first-order chi connectivity index (χ1) is 11.2. The Kier molecular flexibility index (Phi) is 10.6. The van der Waals surface area contributed by atoms with Crippen LogP contribution in [0.1, 0.15) is 20.8 Å². The molecule has 1 rings (SSSR count).